The minimum absolute atomic E-state index is 0.240. The molecule has 8 nitrogen and oxygen atoms in total. The van der Waals surface area contributed by atoms with Crippen LogP contribution in [0.2, 0.25) is 0 Å². The van der Waals surface area contributed by atoms with E-state index in [9.17, 15) is 25.2 Å². The van der Waals surface area contributed by atoms with E-state index in [1.807, 2.05) is 0 Å². The van der Waals surface area contributed by atoms with E-state index >= 15 is 0 Å². The largest absolute Gasteiger partial charge is 0.504 e. The Kier molecular flexibility index (Phi) is 5.97. The number of para-hydroxylation sites is 2. The van der Waals surface area contributed by atoms with Crippen LogP contribution in [0.4, 0.5) is 11.4 Å². The standard InChI is InChI=1S/C22H18N2O6/c1-30-22(29)13-8-9-16(23-11-14-4-2-6-18(25)20(14)27)17(10-13)24-12-15-5-3-7-19(26)21(15)28/h2-12,25-28H,1H3. The zero-order valence-electron chi connectivity index (χ0n) is 15.9. The summed E-state index contributed by atoms with van der Waals surface area (Å²) in [6.45, 7) is 0. The summed E-state index contributed by atoms with van der Waals surface area (Å²) in [6, 6.07) is 13.4. The highest BCUT2D eigenvalue weighted by molar-refractivity contribution is 5.94. The van der Waals surface area contributed by atoms with Crippen molar-refractivity contribution < 1.29 is 30.0 Å². The SMILES string of the molecule is COC(=O)c1ccc(N=Cc2cccc(O)c2O)c(N=Cc2cccc(O)c2O)c1. The van der Waals surface area contributed by atoms with Gasteiger partial charge >= 0.3 is 5.97 Å². The van der Waals surface area contributed by atoms with Crippen LogP contribution in [0.1, 0.15) is 21.5 Å². The summed E-state index contributed by atoms with van der Waals surface area (Å²) < 4.78 is 4.72. The molecule has 0 bridgehead atoms. The number of esters is 1. The number of carbonyl (C=O) groups is 1. The Balaban J connectivity index is 2.03. The molecule has 0 aliphatic carbocycles. The highest BCUT2D eigenvalue weighted by Gasteiger charge is 2.10. The van der Waals surface area contributed by atoms with Crippen LogP contribution in [0.5, 0.6) is 23.0 Å². The highest BCUT2D eigenvalue weighted by Crippen LogP contribution is 2.32. The molecule has 30 heavy (non-hydrogen) atoms. The van der Waals surface area contributed by atoms with Crippen LogP contribution in [-0.4, -0.2) is 45.9 Å². The maximum Gasteiger partial charge on any atom is 0.337 e. The second-order valence-corrected chi connectivity index (χ2v) is 6.14. The molecule has 0 radical (unpaired) electrons. The summed E-state index contributed by atoms with van der Waals surface area (Å²) in [6.07, 6.45) is 2.66. The maximum atomic E-state index is 11.9. The molecule has 152 valence electrons. The third kappa shape index (κ3) is 4.39. The van der Waals surface area contributed by atoms with Crippen LogP contribution in [0.3, 0.4) is 0 Å². The van der Waals surface area contributed by atoms with Crippen molar-refractivity contribution in [3.63, 3.8) is 0 Å². The predicted octanol–water partition coefficient (Wildman–Crippen LogP) is 3.80. The van der Waals surface area contributed by atoms with Crippen molar-refractivity contribution in [1.29, 1.82) is 0 Å². The van der Waals surface area contributed by atoms with Crippen molar-refractivity contribution in [2.24, 2.45) is 9.98 Å². The van der Waals surface area contributed by atoms with E-state index in [1.54, 1.807) is 24.3 Å². The zero-order valence-corrected chi connectivity index (χ0v) is 15.9. The van der Waals surface area contributed by atoms with Gasteiger partial charge in [-0.15, -0.1) is 0 Å². The lowest BCUT2D eigenvalue weighted by Gasteiger charge is -2.06. The van der Waals surface area contributed by atoms with Gasteiger partial charge in [-0.1, -0.05) is 12.1 Å². The van der Waals surface area contributed by atoms with Crippen LogP contribution >= 0.6 is 0 Å². The Hall–Kier alpha value is -4.33. The fourth-order valence-corrected chi connectivity index (χ4v) is 2.56. The lowest BCUT2D eigenvalue weighted by atomic mass is 10.1. The van der Waals surface area contributed by atoms with E-state index < -0.39 is 5.97 Å². The number of aromatic hydroxyl groups is 4. The fraction of sp³-hybridized carbons (Fsp3) is 0.0455. The highest BCUT2D eigenvalue weighted by atomic mass is 16.5. The van der Waals surface area contributed by atoms with Crippen LogP contribution in [0.15, 0.2) is 64.6 Å². The normalized spacial score (nSPS) is 11.2. The molecular weight excluding hydrogens is 388 g/mol. The Bertz CT molecular complexity index is 1150. The van der Waals surface area contributed by atoms with Gasteiger partial charge in [0.1, 0.15) is 0 Å². The second kappa shape index (κ2) is 8.78. The summed E-state index contributed by atoms with van der Waals surface area (Å²) in [5.74, 6) is -1.78. The maximum absolute atomic E-state index is 11.9. The Labute approximate surface area is 171 Å². The van der Waals surface area contributed by atoms with E-state index in [-0.39, 0.29) is 45.4 Å². The molecule has 0 heterocycles. The number of ether oxygens (including phenoxy) is 1. The summed E-state index contributed by atoms with van der Waals surface area (Å²) in [4.78, 5) is 20.4. The molecule has 0 spiro atoms. The zero-order chi connectivity index (χ0) is 21.7. The Morgan fingerprint density at radius 2 is 1.33 bits per heavy atom. The number of aliphatic imine (C=N–C) groups is 2. The molecule has 0 amide bonds. The minimum atomic E-state index is -0.562. The van der Waals surface area contributed by atoms with Gasteiger partial charge in [-0.3, -0.25) is 9.98 Å². The first-order valence-electron chi connectivity index (χ1n) is 8.73. The average molecular weight is 406 g/mol. The van der Waals surface area contributed by atoms with Crippen LogP contribution in [0.25, 0.3) is 0 Å². The van der Waals surface area contributed by atoms with E-state index in [1.165, 1.54) is 49.9 Å². The molecular formula is C22H18N2O6. The predicted molar refractivity (Wildman–Crippen MR) is 112 cm³/mol. The third-order valence-electron chi connectivity index (χ3n) is 4.17. The molecule has 4 N–H and O–H groups in total. The molecule has 0 saturated carbocycles. The first kappa shape index (κ1) is 20.4. The van der Waals surface area contributed by atoms with Gasteiger partial charge in [-0.2, -0.15) is 0 Å². The molecule has 0 fully saturated rings. The van der Waals surface area contributed by atoms with Crippen molar-refractivity contribution in [3.8, 4) is 23.0 Å². The smallest absolute Gasteiger partial charge is 0.337 e. The Morgan fingerprint density at radius 3 is 1.87 bits per heavy atom. The topological polar surface area (TPSA) is 132 Å². The molecule has 0 aromatic heterocycles. The van der Waals surface area contributed by atoms with Crippen molar-refractivity contribution >= 4 is 29.8 Å². The number of phenols is 4. The number of methoxy groups -OCH3 is 1. The summed E-state index contributed by atoms with van der Waals surface area (Å²) in [7, 11) is 1.26. The number of rotatable bonds is 5. The van der Waals surface area contributed by atoms with Crippen molar-refractivity contribution in [2.45, 2.75) is 0 Å². The van der Waals surface area contributed by atoms with Gasteiger partial charge in [0.25, 0.3) is 0 Å². The van der Waals surface area contributed by atoms with E-state index in [2.05, 4.69) is 9.98 Å². The van der Waals surface area contributed by atoms with E-state index in [4.69, 9.17) is 4.74 Å². The van der Waals surface area contributed by atoms with Gasteiger partial charge in [-0.05, 0) is 42.5 Å². The number of nitrogens with zero attached hydrogens (tertiary/aromatic N) is 2. The first-order valence-corrected chi connectivity index (χ1v) is 8.73. The molecule has 0 unspecified atom stereocenters. The van der Waals surface area contributed by atoms with E-state index in [0.717, 1.165) is 0 Å². The first-order chi connectivity index (χ1) is 14.4. The van der Waals surface area contributed by atoms with E-state index in [0.29, 0.717) is 5.69 Å². The number of hydrogen-bond donors (Lipinski definition) is 4. The van der Waals surface area contributed by atoms with Gasteiger partial charge in [0.15, 0.2) is 23.0 Å². The number of benzene rings is 3. The molecule has 0 aliphatic heterocycles. The monoisotopic (exact) mass is 406 g/mol. The summed E-state index contributed by atoms with van der Waals surface area (Å²) >= 11 is 0. The number of carbonyl (C=O) groups excluding carboxylic acids is 1. The molecule has 3 aromatic rings. The van der Waals surface area contributed by atoms with Gasteiger partial charge in [-0.25, -0.2) is 4.79 Å². The van der Waals surface area contributed by atoms with Gasteiger partial charge in [0, 0.05) is 23.6 Å². The van der Waals surface area contributed by atoms with Gasteiger partial charge in [0.05, 0.1) is 24.0 Å². The lowest BCUT2D eigenvalue weighted by Crippen LogP contribution is -2.00. The summed E-state index contributed by atoms with van der Waals surface area (Å²) in [5.41, 5.74) is 1.41. The van der Waals surface area contributed by atoms with Crippen LogP contribution < -0.4 is 0 Å². The molecule has 0 atom stereocenters. The number of hydrogen-bond acceptors (Lipinski definition) is 8. The van der Waals surface area contributed by atoms with Crippen LogP contribution in [0, 0.1) is 0 Å². The lowest BCUT2D eigenvalue weighted by molar-refractivity contribution is 0.0601. The van der Waals surface area contributed by atoms with Gasteiger partial charge in [0.2, 0.25) is 0 Å². The third-order valence-corrected chi connectivity index (χ3v) is 4.17. The van der Waals surface area contributed by atoms with Crippen molar-refractivity contribution in [1.82, 2.24) is 0 Å². The second-order valence-electron chi connectivity index (χ2n) is 6.14. The number of phenolic OH excluding ortho intramolecular Hbond substituents is 4. The molecule has 0 aliphatic rings. The fourth-order valence-electron chi connectivity index (χ4n) is 2.56. The average Bonchev–Trinajstić information content (AvgIpc) is 2.75. The molecule has 3 rings (SSSR count). The molecule has 8 heteroatoms. The van der Waals surface area contributed by atoms with Gasteiger partial charge < -0.3 is 25.2 Å². The molecule has 3 aromatic carbocycles. The Morgan fingerprint density at radius 1 is 0.800 bits per heavy atom. The minimum Gasteiger partial charge on any atom is -0.504 e. The summed E-state index contributed by atoms with van der Waals surface area (Å²) in [5, 5.41) is 39.1. The quantitative estimate of drug-likeness (QED) is 0.289. The van der Waals surface area contributed by atoms with Crippen LogP contribution in [-0.2, 0) is 4.74 Å². The van der Waals surface area contributed by atoms with Crippen molar-refractivity contribution in [2.75, 3.05) is 7.11 Å². The molecule has 0 saturated heterocycles. The van der Waals surface area contributed by atoms with Crippen molar-refractivity contribution in [3.05, 3.63) is 71.3 Å².